The molecule has 1 aliphatic carbocycles. The van der Waals surface area contributed by atoms with Crippen molar-refractivity contribution in [2.24, 2.45) is 5.92 Å². The lowest BCUT2D eigenvalue weighted by molar-refractivity contribution is 0.441. The molecule has 1 nitrogen and oxygen atoms in total. The summed E-state index contributed by atoms with van der Waals surface area (Å²) in [5, 5.41) is 4.45. The van der Waals surface area contributed by atoms with Crippen LogP contribution in [0.4, 0.5) is 0 Å². The molecule has 0 radical (unpaired) electrons. The first-order chi connectivity index (χ1) is 7.16. The van der Waals surface area contributed by atoms with Gasteiger partial charge < -0.3 is 5.32 Å². The molecule has 1 unspecified atom stereocenters. The molecule has 0 bridgehead atoms. The molecule has 1 aliphatic rings. The fourth-order valence-electron chi connectivity index (χ4n) is 2.00. The predicted molar refractivity (Wildman–Crippen MR) is 65.2 cm³/mol. The van der Waals surface area contributed by atoms with Crippen LogP contribution >= 0.6 is 11.6 Å². The fraction of sp³-hybridized carbons (Fsp3) is 0.538. The van der Waals surface area contributed by atoms with Crippen molar-refractivity contribution in [3.8, 4) is 0 Å². The first-order valence-corrected chi connectivity index (χ1v) is 6.06. The summed E-state index contributed by atoms with van der Waals surface area (Å²) < 4.78 is 0. The lowest BCUT2D eigenvalue weighted by Gasteiger charge is -2.20. The summed E-state index contributed by atoms with van der Waals surface area (Å²) in [6.07, 6.45) is 2.77. The maximum absolute atomic E-state index is 5.97. The van der Waals surface area contributed by atoms with E-state index in [1.165, 1.54) is 18.4 Å². The Labute approximate surface area is 96.8 Å². The second-order valence-electron chi connectivity index (χ2n) is 4.57. The topological polar surface area (TPSA) is 12.0 Å². The van der Waals surface area contributed by atoms with Gasteiger partial charge in [0.1, 0.15) is 0 Å². The van der Waals surface area contributed by atoms with E-state index < -0.39 is 0 Å². The minimum atomic E-state index is 0.388. The quantitative estimate of drug-likeness (QED) is 0.819. The standard InChI is InChI=1S/C13H18ClN/c1-9(11-6-7-11)15-10(2)12-4-3-5-13(14)8-12/h3-5,8-11,15H,6-7H2,1-2H3/t9?,10-/m0/s1. The molecule has 2 rings (SSSR count). The summed E-state index contributed by atoms with van der Waals surface area (Å²) in [7, 11) is 0. The van der Waals surface area contributed by atoms with Crippen LogP contribution in [0.1, 0.15) is 38.3 Å². The second kappa shape index (κ2) is 4.54. The molecule has 0 aliphatic heterocycles. The molecule has 0 spiro atoms. The largest absolute Gasteiger partial charge is 0.307 e. The fourth-order valence-corrected chi connectivity index (χ4v) is 2.20. The van der Waals surface area contributed by atoms with Gasteiger partial charge in [0.2, 0.25) is 0 Å². The third-order valence-corrected chi connectivity index (χ3v) is 3.43. The molecule has 2 atom stereocenters. The Bertz CT molecular complexity index is 333. The Morgan fingerprint density at radius 2 is 2.07 bits per heavy atom. The third kappa shape index (κ3) is 2.96. The van der Waals surface area contributed by atoms with Gasteiger partial charge >= 0.3 is 0 Å². The van der Waals surface area contributed by atoms with Crippen molar-refractivity contribution in [2.45, 2.75) is 38.8 Å². The summed E-state index contributed by atoms with van der Waals surface area (Å²) in [5.74, 6) is 0.895. The monoisotopic (exact) mass is 223 g/mol. The van der Waals surface area contributed by atoms with Crippen molar-refractivity contribution in [3.63, 3.8) is 0 Å². The maximum Gasteiger partial charge on any atom is 0.0409 e. The van der Waals surface area contributed by atoms with E-state index in [1.807, 2.05) is 18.2 Å². The van der Waals surface area contributed by atoms with E-state index in [1.54, 1.807) is 0 Å². The number of halogens is 1. The van der Waals surface area contributed by atoms with Gasteiger partial charge in [-0.1, -0.05) is 23.7 Å². The van der Waals surface area contributed by atoms with Crippen molar-refractivity contribution in [1.82, 2.24) is 5.32 Å². The van der Waals surface area contributed by atoms with Crippen LogP contribution in [0.25, 0.3) is 0 Å². The highest BCUT2D eigenvalue weighted by atomic mass is 35.5. The van der Waals surface area contributed by atoms with Crippen molar-refractivity contribution < 1.29 is 0 Å². The van der Waals surface area contributed by atoms with Crippen LogP contribution in [-0.2, 0) is 0 Å². The smallest absolute Gasteiger partial charge is 0.0409 e. The molecule has 1 fully saturated rings. The lowest BCUT2D eigenvalue weighted by Crippen LogP contribution is -2.30. The number of hydrogen-bond donors (Lipinski definition) is 1. The molecule has 0 aromatic heterocycles. The van der Waals surface area contributed by atoms with Gasteiger partial charge in [0.25, 0.3) is 0 Å². The van der Waals surface area contributed by atoms with E-state index in [9.17, 15) is 0 Å². The van der Waals surface area contributed by atoms with Crippen LogP contribution < -0.4 is 5.32 Å². The average molecular weight is 224 g/mol. The summed E-state index contributed by atoms with van der Waals surface area (Å²) >= 11 is 5.97. The lowest BCUT2D eigenvalue weighted by atomic mass is 10.1. The summed E-state index contributed by atoms with van der Waals surface area (Å²) in [6, 6.07) is 9.11. The van der Waals surface area contributed by atoms with Gasteiger partial charge in [-0.05, 0) is 50.3 Å². The molecule has 82 valence electrons. The third-order valence-electron chi connectivity index (χ3n) is 3.19. The van der Waals surface area contributed by atoms with Crippen molar-refractivity contribution in [2.75, 3.05) is 0 Å². The van der Waals surface area contributed by atoms with Crippen LogP contribution in [0.5, 0.6) is 0 Å². The highest BCUT2D eigenvalue weighted by molar-refractivity contribution is 6.30. The van der Waals surface area contributed by atoms with E-state index >= 15 is 0 Å². The molecular formula is C13H18ClN. The first-order valence-electron chi connectivity index (χ1n) is 5.68. The minimum absolute atomic E-state index is 0.388. The highest BCUT2D eigenvalue weighted by Crippen LogP contribution is 2.33. The van der Waals surface area contributed by atoms with Crippen LogP contribution in [0.2, 0.25) is 5.02 Å². The molecule has 1 N–H and O–H groups in total. The normalized spacial score (nSPS) is 19.9. The van der Waals surface area contributed by atoms with Gasteiger partial charge in [0.15, 0.2) is 0 Å². The van der Waals surface area contributed by atoms with Gasteiger partial charge in [0, 0.05) is 17.1 Å². The molecule has 0 saturated heterocycles. The Balaban J connectivity index is 1.97. The van der Waals surface area contributed by atoms with Gasteiger partial charge in [0.05, 0.1) is 0 Å². The van der Waals surface area contributed by atoms with Gasteiger partial charge in [-0.15, -0.1) is 0 Å². The zero-order valence-electron chi connectivity index (χ0n) is 9.33. The Morgan fingerprint density at radius 3 is 2.67 bits per heavy atom. The van der Waals surface area contributed by atoms with Gasteiger partial charge in [-0.25, -0.2) is 0 Å². The van der Waals surface area contributed by atoms with E-state index in [0.717, 1.165) is 10.9 Å². The van der Waals surface area contributed by atoms with E-state index in [-0.39, 0.29) is 0 Å². The van der Waals surface area contributed by atoms with Crippen LogP contribution in [0, 0.1) is 5.92 Å². The SMILES string of the molecule is CC(N[C@@H](C)c1cccc(Cl)c1)C1CC1. The van der Waals surface area contributed by atoms with Crippen molar-refractivity contribution in [1.29, 1.82) is 0 Å². The van der Waals surface area contributed by atoms with Crippen molar-refractivity contribution >= 4 is 11.6 Å². The Hall–Kier alpha value is -0.530. The molecule has 1 aromatic rings. The highest BCUT2D eigenvalue weighted by Gasteiger charge is 2.28. The second-order valence-corrected chi connectivity index (χ2v) is 5.01. The number of nitrogens with one attached hydrogen (secondary N) is 1. The Morgan fingerprint density at radius 1 is 1.33 bits per heavy atom. The molecule has 1 saturated carbocycles. The van der Waals surface area contributed by atoms with Crippen molar-refractivity contribution in [3.05, 3.63) is 34.9 Å². The van der Waals surface area contributed by atoms with Gasteiger partial charge in [-0.3, -0.25) is 0 Å². The van der Waals surface area contributed by atoms with Crippen LogP contribution in [0.15, 0.2) is 24.3 Å². The molecule has 2 heteroatoms. The van der Waals surface area contributed by atoms with E-state index in [4.69, 9.17) is 11.6 Å². The van der Waals surface area contributed by atoms with E-state index in [0.29, 0.717) is 12.1 Å². The number of benzene rings is 1. The van der Waals surface area contributed by atoms with Crippen LogP contribution in [-0.4, -0.2) is 6.04 Å². The average Bonchev–Trinajstić information content (AvgIpc) is 3.00. The van der Waals surface area contributed by atoms with Gasteiger partial charge in [-0.2, -0.15) is 0 Å². The summed E-state index contributed by atoms with van der Waals surface area (Å²) in [5.41, 5.74) is 1.27. The molecular weight excluding hydrogens is 206 g/mol. The molecule has 1 aromatic carbocycles. The predicted octanol–water partition coefficient (Wildman–Crippen LogP) is 3.79. The Kier molecular flexibility index (Phi) is 3.32. The maximum atomic E-state index is 5.97. The molecule has 0 amide bonds. The molecule has 0 heterocycles. The number of rotatable bonds is 4. The minimum Gasteiger partial charge on any atom is -0.307 e. The summed E-state index contributed by atoms with van der Waals surface area (Å²) in [4.78, 5) is 0. The van der Waals surface area contributed by atoms with Crippen LogP contribution in [0.3, 0.4) is 0 Å². The molecule has 15 heavy (non-hydrogen) atoms. The van der Waals surface area contributed by atoms with E-state index in [2.05, 4.69) is 25.2 Å². The zero-order chi connectivity index (χ0) is 10.8. The number of hydrogen-bond acceptors (Lipinski definition) is 1. The zero-order valence-corrected chi connectivity index (χ0v) is 10.1. The summed E-state index contributed by atoms with van der Waals surface area (Å²) in [6.45, 7) is 4.48. The first kappa shape index (κ1) is 11.0.